The maximum absolute atomic E-state index is 14.2. The fourth-order valence-corrected chi connectivity index (χ4v) is 7.93. The van der Waals surface area contributed by atoms with Crippen molar-refractivity contribution in [3.05, 3.63) is 0 Å². The Hall–Kier alpha value is -0.180. The lowest BCUT2D eigenvalue weighted by molar-refractivity contribution is -0.189. The Morgan fingerprint density at radius 2 is 1.60 bits per heavy atom. The van der Waals surface area contributed by atoms with E-state index in [1.165, 1.54) is 0 Å². The molecule has 0 radical (unpaired) electrons. The van der Waals surface area contributed by atoms with Crippen LogP contribution < -0.4 is 0 Å². The molecule has 0 aromatic rings. The van der Waals surface area contributed by atoms with Crippen LogP contribution >= 0.6 is 0 Å². The largest absolute Gasteiger partial charge is 0.393 e. The molecule has 8 atom stereocenters. The zero-order valence-electron chi connectivity index (χ0n) is 16.4. The van der Waals surface area contributed by atoms with Gasteiger partial charge in [0.05, 0.1) is 6.10 Å². The van der Waals surface area contributed by atoms with E-state index < -0.39 is 5.92 Å². The van der Waals surface area contributed by atoms with E-state index in [9.17, 15) is 13.9 Å². The molecule has 4 rings (SSSR count). The minimum absolute atomic E-state index is 0.0656. The van der Waals surface area contributed by atoms with Crippen molar-refractivity contribution in [1.82, 2.24) is 0 Å². The van der Waals surface area contributed by atoms with Gasteiger partial charge in [-0.25, -0.2) is 8.78 Å². The van der Waals surface area contributed by atoms with Crippen molar-refractivity contribution in [2.45, 2.75) is 91.1 Å². The molecule has 144 valence electrons. The predicted molar refractivity (Wildman–Crippen MR) is 96.4 cm³/mol. The van der Waals surface area contributed by atoms with E-state index in [1.54, 1.807) is 0 Å². The van der Waals surface area contributed by atoms with Crippen LogP contribution in [0, 0.1) is 46.3 Å². The maximum Gasteiger partial charge on any atom is 0.248 e. The van der Waals surface area contributed by atoms with E-state index in [0.717, 1.165) is 32.1 Å². The first kappa shape index (κ1) is 18.2. The lowest BCUT2D eigenvalue weighted by Gasteiger charge is -2.63. The molecule has 0 saturated heterocycles. The van der Waals surface area contributed by atoms with E-state index in [-0.39, 0.29) is 35.7 Å². The summed E-state index contributed by atoms with van der Waals surface area (Å²) in [6, 6.07) is 0. The van der Waals surface area contributed by atoms with Gasteiger partial charge in [-0.1, -0.05) is 27.7 Å². The van der Waals surface area contributed by atoms with Crippen LogP contribution in [0.15, 0.2) is 0 Å². The Morgan fingerprint density at radius 3 is 2.28 bits per heavy atom. The Kier molecular flexibility index (Phi) is 4.12. The number of rotatable bonds is 1. The third-order valence-corrected chi connectivity index (χ3v) is 9.54. The van der Waals surface area contributed by atoms with Gasteiger partial charge in [-0.05, 0) is 84.9 Å². The molecule has 0 aromatic heterocycles. The summed E-state index contributed by atoms with van der Waals surface area (Å²) in [5.74, 6) is 0.627. The highest BCUT2D eigenvalue weighted by Crippen LogP contribution is 2.69. The summed E-state index contributed by atoms with van der Waals surface area (Å²) in [7, 11) is 0. The average molecular weight is 355 g/mol. The van der Waals surface area contributed by atoms with Crippen molar-refractivity contribution in [1.29, 1.82) is 0 Å². The van der Waals surface area contributed by atoms with E-state index in [2.05, 4.69) is 27.7 Å². The molecular formula is C22H36F2O. The molecule has 0 aliphatic heterocycles. The minimum Gasteiger partial charge on any atom is -0.393 e. The predicted octanol–water partition coefficient (Wildman–Crippen LogP) is 5.91. The van der Waals surface area contributed by atoms with Crippen LogP contribution in [0.1, 0.15) is 79.1 Å². The Morgan fingerprint density at radius 1 is 0.920 bits per heavy atom. The van der Waals surface area contributed by atoms with Crippen molar-refractivity contribution >= 4 is 0 Å². The molecule has 25 heavy (non-hydrogen) atoms. The molecule has 0 spiro atoms. The van der Waals surface area contributed by atoms with Gasteiger partial charge in [-0.2, -0.15) is 0 Å². The third kappa shape index (κ3) is 2.54. The van der Waals surface area contributed by atoms with Crippen LogP contribution in [0.2, 0.25) is 0 Å². The molecule has 4 saturated carbocycles. The number of aliphatic hydroxyl groups is 1. The number of aliphatic hydroxyl groups excluding tert-OH is 1. The summed E-state index contributed by atoms with van der Waals surface area (Å²) in [6.45, 7) is 9.24. The van der Waals surface area contributed by atoms with Gasteiger partial charge in [0.25, 0.3) is 0 Å². The second-order valence-corrected chi connectivity index (χ2v) is 10.8. The highest BCUT2D eigenvalue weighted by atomic mass is 19.3. The second kappa shape index (κ2) is 5.66. The minimum atomic E-state index is -2.45. The van der Waals surface area contributed by atoms with E-state index in [4.69, 9.17) is 0 Å². The number of hydrogen-bond acceptors (Lipinski definition) is 1. The van der Waals surface area contributed by atoms with Crippen LogP contribution in [-0.4, -0.2) is 17.1 Å². The quantitative estimate of drug-likeness (QED) is 0.621. The van der Waals surface area contributed by atoms with Gasteiger partial charge >= 0.3 is 0 Å². The van der Waals surface area contributed by atoms with E-state index in [0.29, 0.717) is 36.0 Å². The molecule has 4 aliphatic carbocycles. The van der Waals surface area contributed by atoms with Crippen LogP contribution in [-0.2, 0) is 0 Å². The van der Waals surface area contributed by atoms with Crippen molar-refractivity contribution < 1.29 is 13.9 Å². The summed E-state index contributed by atoms with van der Waals surface area (Å²) in [4.78, 5) is 0. The normalized spacial score (nSPS) is 54.7. The van der Waals surface area contributed by atoms with Crippen LogP contribution in [0.25, 0.3) is 0 Å². The molecule has 3 heteroatoms. The number of hydrogen-bond donors (Lipinski definition) is 1. The lowest BCUT2D eigenvalue weighted by Crippen LogP contribution is -2.58. The molecule has 0 aromatic carbocycles. The smallest absolute Gasteiger partial charge is 0.248 e. The number of fused-ring (bicyclic) bond motifs is 5. The first-order chi connectivity index (χ1) is 11.6. The van der Waals surface area contributed by atoms with Crippen molar-refractivity contribution in [2.24, 2.45) is 46.3 Å². The van der Waals surface area contributed by atoms with Crippen LogP contribution in [0.4, 0.5) is 8.78 Å². The first-order valence-corrected chi connectivity index (χ1v) is 10.6. The molecule has 0 bridgehead atoms. The van der Waals surface area contributed by atoms with Gasteiger partial charge in [0.15, 0.2) is 0 Å². The zero-order valence-corrected chi connectivity index (χ0v) is 16.4. The molecular weight excluding hydrogens is 318 g/mol. The van der Waals surface area contributed by atoms with E-state index in [1.807, 2.05) is 0 Å². The standard InChI is InChI=1S/C22H36F2O/c1-13(2)15-11-14-12-22(23,24)10-9-20(14,3)17-7-8-21(4)16(19(15)17)5-6-18(21)25/h13-19,25H,5-12H2,1-4H3/t14-,15-,16-,17-,18-,19-,20-,21-/m0/s1. The summed E-state index contributed by atoms with van der Waals surface area (Å²) in [5, 5.41) is 10.7. The fraction of sp³-hybridized carbons (Fsp3) is 1.00. The first-order valence-electron chi connectivity index (χ1n) is 10.6. The van der Waals surface area contributed by atoms with Crippen LogP contribution in [0.3, 0.4) is 0 Å². The van der Waals surface area contributed by atoms with Crippen molar-refractivity contribution in [2.75, 3.05) is 0 Å². The molecule has 0 amide bonds. The highest BCUT2D eigenvalue weighted by molar-refractivity contribution is 5.12. The molecule has 1 N–H and O–H groups in total. The average Bonchev–Trinajstić information content (AvgIpc) is 2.83. The summed E-state index contributed by atoms with van der Waals surface area (Å²) < 4.78 is 28.4. The number of halogens is 2. The van der Waals surface area contributed by atoms with Crippen LogP contribution in [0.5, 0.6) is 0 Å². The SMILES string of the molecule is CC(C)[C@@H]1C[C@H]2CC(F)(F)CC[C@]2(C)[C@H]2CC[C@]3(C)[C@@H](O)CC[C@H]3[C@H]12. The topological polar surface area (TPSA) is 20.2 Å². The van der Waals surface area contributed by atoms with Gasteiger partial charge < -0.3 is 5.11 Å². The Bertz CT molecular complexity index is 532. The second-order valence-electron chi connectivity index (χ2n) is 10.8. The van der Waals surface area contributed by atoms with E-state index >= 15 is 0 Å². The molecule has 0 unspecified atom stereocenters. The highest BCUT2D eigenvalue weighted by Gasteiger charge is 2.64. The van der Waals surface area contributed by atoms with Gasteiger partial charge in [-0.3, -0.25) is 0 Å². The summed E-state index contributed by atoms with van der Waals surface area (Å²) in [6.07, 6.45) is 6.01. The molecule has 4 aliphatic rings. The van der Waals surface area contributed by atoms with Gasteiger partial charge in [0.2, 0.25) is 5.92 Å². The lowest BCUT2D eigenvalue weighted by atomic mass is 9.42. The Labute approximate surface area is 152 Å². The summed E-state index contributed by atoms with van der Waals surface area (Å²) >= 11 is 0. The molecule has 0 heterocycles. The van der Waals surface area contributed by atoms with Gasteiger partial charge in [0.1, 0.15) is 0 Å². The summed E-state index contributed by atoms with van der Waals surface area (Å²) in [5.41, 5.74) is 0.155. The zero-order chi connectivity index (χ0) is 18.2. The van der Waals surface area contributed by atoms with Gasteiger partial charge in [-0.15, -0.1) is 0 Å². The fourth-order valence-electron chi connectivity index (χ4n) is 7.93. The van der Waals surface area contributed by atoms with Crippen molar-refractivity contribution in [3.8, 4) is 0 Å². The number of alkyl halides is 2. The molecule has 4 fully saturated rings. The molecule has 1 nitrogen and oxygen atoms in total. The maximum atomic E-state index is 14.2. The van der Waals surface area contributed by atoms with Crippen molar-refractivity contribution in [3.63, 3.8) is 0 Å². The third-order valence-electron chi connectivity index (χ3n) is 9.54. The monoisotopic (exact) mass is 354 g/mol. The van der Waals surface area contributed by atoms with Gasteiger partial charge in [0, 0.05) is 12.8 Å². The Balaban J connectivity index is 1.72.